The molecule has 0 saturated carbocycles. The number of aromatic nitrogens is 3. The fraction of sp³-hybridized carbons (Fsp3) is 0.273. The molecule has 0 unspecified atom stereocenters. The van der Waals surface area contributed by atoms with Gasteiger partial charge in [0.2, 0.25) is 11.9 Å². The number of nitrogens with zero attached hydrogens (tertiary/aromatic N) is 3. The van der Waals surface area contributed by atoms with E-state index in [1.807, 2.05) is 54.6 Å². The highest BCUT2D eigenvalue weighted by Gasteiger charge is 2.31. The van der Waals surface area contributed by atoms with E-state index in [0.29, 0.717) is 11.0 Å². The predicted molar refractivity (Wildman–Crippen MR) is 115 cm³/mol. The number of hydrogen-bond acceptors (Lipinski definition) is 6. The molecule has 2 N–H and O–H groups in total. The van der Waals surface area contributed by atoms with Crippen LogP contribution < -0.4 is 15.7 Å². The molecule has 0 saturated heterocycles. The van der Waals surface area contributed by atoms with Crippen LogP contribution in [0.5, 0.6) is 0 Å². The molecular formula is C22H21ClN5O3-. The lowest BCUT2D eigenvalue weighted by Crippen LogP contribution is -2.28. The van der Waals surface area contributed by atoms with Crippen LogP contribution in [0.15, 0.2) is 54.6 Å². The van der Waals surface area contributed by atoms with Gasteiger partial charge in [-0.05, 0) is 42.5 Å². The molecule has 2 atom stereocenters. The highest BCUT2D eigenvalue weighted by molar-refractivity contribution is 6.30. The van der Waals surface area contributed by atoms with Gasteiger partial charge in [0.15, 0.2) is 0 Å². The highest BCUT2D eigenvalue weighted by atomic mass is 35.5. The molecule has 1 amide bonds. The number of carbonyl (C=O) groups excluding carboxylic acids is 2. The maximum atomic E-state index is 12.1. The van der Waals surface area contributed by atoms with Crippen LogP contribution in [0.3, 0.4) is 0 Å². The molecule has 0 radical (unpaired) electrons. The molecule has 0 bridgehead atoms. The van der Waals surface area contributed by atoms with Crippen molar-refractivity contribution in [1.82, 2.24) is 14.8 Å². The molecule has 160 valence electrons. The van der Waals surface area contributed by atoms with Gasteiger partial charge < -0.3 is 15.2 Å². The minimum Gasteiger partial charge on any atom is -0.550 e. The van der Waals surface area contributed by atoms with Crippen LogP contribution in [0.1, 0.15) is 48.9 Å². The van der Waals surface area contributed by atoms with Gasteiger partial charge in [0.25, 0.3) is 5.95 Å². The summed E-state index contributed by atoms with van der Waals surface area (Å²) in [6.45, 7) is 0. The standard InChI is InChI=1S/C22H22ClN5O3/c23-16-11-9-14(10-12-16)17-13-18(15-5-2-1-3-6-15)28-22(24-17)26-21(27-28)25-19(29)7-4-8-20(30)31/h1-3,5-6,9-12,17-18H,4,7-8,13H2,(H,30,31)(H2,24,25,26,27,29)/p-1/t17-,18-/m0/s1. The highest BCUT2D eigenvalue weighted by Crippen LogP contribution is 2.38. The van der Waals surface area contributed by atoms with Gasteiger partial charge in [-0.1, -0.05) is 54.1 Å². The van der Waals surface area contributed by atoms with Crippen molar-refractivity contribution in [2.75, 3.05) is 10.6 Å². The van der Waals surface area contributed by atoms with Gasteiger partial charge in [-0.3, -0.25) is 10.1 Å². The Morgan fingerprint density at radius 2 is 1.84 bits per heavy atom. The summed E-state index contributed by atoms with van der Waals surface area (Å²) in [5.74, 6) is -0.787. The van der Waals surface area contributed by atoms with Crippen LogP contribution in [0, 0.1) is 0 Å². The SMILES string of the molecule is O=C([O-])CCCC(=O)Nc1nc2n(n1)[C@H](c1ccccc1)C[C@@H](c1ccc(Cl)cc1)N2. The number of fused-ring (bicyclic) bond motifs is 1. The Balaban J connectivity index is 1.58. The Kier molecular flexibility index (Phi) is 6.18. The first-order valence-electron chi connectivity index (χ1n) is 10.0. The molecular weight excluding hydrogens is 418 g/mol. The lowest BCUT2D eigenvalue weighted by molar-refractivity contribution is -0.305. The largest absolute Gasteiger partial charge is 0.550 e. The van der Waals surface area contributed by atoms with Gasteiger partial charge in [-0.25, -0.2) is 4.68 Å². The number of anilines is 2. The predicted octanol–water partition coefficient (Wildman–Crippen LogP) is 2.94. The number of halogens is 1. The van der Waals surface area contributed by atoms with E-state index in [0.717, 1.165) is 17.5 Å². The molecule has 1 aromatic heterocycles. The second-order valence-electron chi connectivity index (χ2n) is 7.39. The fourth-order valence-corrected chi connectivity index (χ4v) is 3.80. The normalized spacial score (nSPS) is 17.5. The summed E-state index contributed by atoms with van der Waals surface area (Å²) in [4.78, 5) is 27.1. The van der Waals surface area contributed by atoms with Crippen LogP contribution in [-0.2, 0) is 9.59 Å². The maximum Gasteiger partial charge on any atom is 0.250 e. The van der Waals surface area contributed by atoms with Gasteiger partial charge in [0.05, 0.1) is 12.1 Å². The molecule has 1 aliphatic heterocycles. The number of rotatable bonds is 7. The van der Waals surface area contributed by atoms with E-state index in [2.05, 4.69) is 20.7 Å². The van der Waals surface area contributed by atoms with Gasteiger partial charge in [0, 0.05) is 17.4 Å². The van der Waals surface area contributed by atoms with Gasteiger partial charge in [-0.2, -0.15) is 4.98 Å². The molecule has 9 heteroatoms. The minimum atomic E-state index is -1.17. The van der Waals surface area contributed by atoms with E-state index in [9.17, 15) is 14.7 Å². The Labute approximate surface area is 184 Å². The molecule has 0 fully saturated rings. The second kappa shape index (κ2) is 9.18. The van der Waals surface area contributed by atoms with Gasteiger partial charge >= 0.3 is 0 Å². The first kappa shape index (κ1) is 20.9. The maximum absolute atomic E-state index is 12.1. The van der Waals surface area contributed by atoms with E-state index in [4.69, 9.17) is 11.6 Å². The number of aliphatic carboxylic acids is 1. The van der Waals surface area contributed by atoms with Crippen molar-refractivity contribution in [3.63, 3.8) is 0 Å². The summed E-state index contributed by atoms with van der Waals surface area (Å²) in [7, 11) is 0. The summed E-state index contributed by atoms with van der Waals surface area (Å²) in [6.07, 6.45) is 0.827. The van der Waals surface area contributed by atoms with Crippen molar-refractivity contribution in [3.05, 3.63) is 70.7 Å². The molecule has 3 aromatic rings. The molecule has 2 aromatic carbocycles. The Hall–Kier alpha value is -3.39. The van der Waals surface area contributed by atoms with E-state index in [-0.39, 0.29) is 43.2 Å². The van der Waals surface area contributed by atoms with Crippen molar-refractivity contribution in [1.29, 1.82) is 0 Å². The molecule has 0 aliphatic carbocycles. The summed E-state index contributed by atoms with van der Waals surface area (Å²) in [5.41, 5.74) is 2.16. The molecule has 4 rings (SSSR count). The van der Waals surface area contributed by atoms with Crippen LogP contribution in [0.25, 0.3) is 0 Å². The lowest BCUT2D eigenvalue weighted by atomic mass is 9.93. The van der Waals surface area contributed by atoms with Crippen molar-refractivity contribution >= 4 is 35.4 Å². The molecule has 8 nitrogen and oxygen atoms in total. The molecule has 1 aliphatic rings. The molecule has 2 heterocycles. The summed E-state index contributed by atoms with van der Waals surface area (Å²) in [5, 5.41) is 21.7. The zero-order valence-corrected chi connectivity index (χ0v) is 17.4. The Bertz CT molecular complexity index is 1070. The topological polar surface area (TPSA) is 112 Å². The third-order valence-corrected chi connectivity index (χ3v) is 5.43. The Morgan fingerprint density at radius 3 is 2.55 bits per heavy atom. The van der Waals surface area contributed by atoms with Crippen LogP contribution in [-0.4, -0.2) is 26.6 Å². The van der Waals surface area contributed by atoms with Crippen molar-refractivity contribution in [2.24, 2.45) is 0 Å². The summed E-state index contributed by atoms with van der Waals surface area (Å²) in [6, 6.07) is 17.6. The van der Waals surface area contributed by atoms with Crippen molar-refractivity contribution < 1.29 is 14.7 Å². The quantitative estimate of drug-likeness (QED) is 0.586. The molecule has 0 spiro atoms. The van der Waals surface area contributed by atoms with Gasteiger partial charge in [-0.15, -0.1) is 5.10 Å². The Morgan fingerprint density at radius 1 is 1.10 bits per heavy atom. The zero-order chi connectivity index (χ0) is 21.8. The fourth-order valence-electron chi connectivity index (χ4n) is 3.68. The number of hydrogen-bond donors (Lipinski definition) is 2. The van der Waals surface area contributed by atoms with Crippen molar-refractivity contribution in [2.45, 2.75) is 37.8 Å². The average molecular weight is 439 g/mol. The van der Waals surface area contributed by atoms with E-state index in [1.54, 1.807) is 4.68 Å². The lowest BCUT2D eigenvalue weighted by Gasteiger charge is -2.31. The summed E-state index contributed by atoms with van der Waals surface area (Å²) >= 11 is 6.04. The van der Waals surface area contributed by atoms with Crippen LogP contribution in [0.4, 0.5) is 11.9 Å². The van der Waals surface area contributed by atoms with Crippen molar-refractivity contribution in [3.8, 4) is 0 Å². The number of amides is 1. The first-order chi connectivity index (χ1) is 15.0. The number of carboxylic acids is 1. The van der Waals surface area contributed by atoms with Crippen LogP contribution in [0.2, 0.25) is 5.02 Å². The van der Waals surface area contributed by atoms with E-state index >= 15 is 0 Å². The third kappa shape index (κ3) is 5.03. The molecule has 31 heavy (non-hydrogen) atoms. The monoisotopic (exact) mass is 438 g/mol. The van der Waals surface area contributed by atoms with E-state index in [1.165, 1.54) is 0 Å². The van der Waals surface area contributed by atoms with Gasteiger partial charge in [0.1, 0.15) is 0 Å². The second-order valence-corrected chi connectivity index (χ2v) is 7.82. The average Bonchev–Trinajstić information content (AvgIpc) is 3.16. The van der Waals surface area contributed by atoms with Crippen LogP contribution >= 0.6 is 11.6 Å². The number of carbonyl (C=O) groups is 2. The zero-order valence-electron chi connectivity index (χ0n) is 16.6. The van der Waals surface area contributed by atoms with E-state index < -0.39 is 5.97 Å². The third-order valence-electron chi connectivity index (χ3n) is 5.18. The first-order valence-corrected chi connectivity index (χ1v) is 10.4. The number of nitrogens with one attached hydrogen (secondary N) is 2. The smallest absolute Gasteiger partial charge is 0.250 e. The number of carboxylic acid groups (broad SMARTS) is 1. The minimum absolute atomic E-state index is 0.00853. The number of benzene rings is 2. The summed E-state index contributed by atoms with van der Waals surface area (Å²) < 4.78 is 1.78.